The van der Waals surface area contributed by atoms with Crippen LogP contribution in [0.2, 0.25) is 0 Å². The Morgan fingerprint density at radius 1 is 1.16 bits per heavy atom. The molecule has 0 spiro atoms. The second kappa shape index (κ2) is 9.32. The number of rotatable bonds is 7. The molecule has 0 N–H and O–H groups in total. The molecule has 0 bridgehead atoms. The molecule has 0 unspecified atom stereocenters. The van der Waals surface area contributed by atoms with Crippen LogP contribution >= 0.6 is 15.9 Å². The molecule has 32 heavy (non-hydrogen) atoms. The number of ether oxygens (including phenoxy) is 2. The summed E-state index contributed by atoms with van der Waals surface area (Å²) in [6.07, 6.45) is 0. The number of aromatic nitrogens is 2. The summed E-state index contributed by atoms with van der Waals surface area (Å²) in [5.74, 6) is 0.254. The summed E-state index contributed by atoms with van der Waals surface area (Å²) in [4.78, 5) is 10.7. The summed E-state index contributed by atoms with van der Waals surface area (Å²) >= 11 is 3.40. The van der Waals surface area contributed by atoms with Crippen LogP contribution in [-0.4, -0.2) is 54.1 Å². The number of hydrogen-bond acceptors (Lipinski definition) is 9. The molecule has 3 aromatic rings. The van der Waals surface area contributed by atoms with Crippen molar-refractivity contribution < 1.29 is 27.2 Å². The van der Waals surface area contributed by atoms with E-state index in [-0.39, 0.29) is 55.3 Å². The molecular formula is C19H17BrN4O7S. The van der Waals surface area contributed by atoms with Crippen LogP contribution < -0.4 is 4.74 Å². The van der Waals surface area contributed by atoms with Gasteiger partial charge >= 0.3 is 5.69 Å². The lowest BCUT2D eigenvalue weighted by Gasteiger charge is -2.26. The average molecular weight is 525 g/mol. The molecule has 1 saturated heterocycles. The van der Waals surface area contributed by atoms with E-state index in [4.69, 9.17) is 13.9 Å². The zero-order valence-electron chi connectivity index (χ0n) is 16.5. The van der Waals surface area contributed by atoms with E-state index in [0.29, 0.717) is 5.56 Å². The Balaban J connectivity index is 1.53. The fourth-order valence-electron chi connectivity index (χ4n) is 3.05. The third-order valence-corrected chi connectivity index (χ3v) is 7.24. The number of halogens is 1. The van der Waals surface area contributed by atoms with E-state index in [0.717, 1.165) is 10.5 Å². The van der Waals surface area contributed by atoms with Crippen molar-refractivity contribution in [1.82, 2.24) is 14.5 Å². The first kappa shape index (κ1) is 22.3. The van der Waals surface area contributed by atoms with Crippen LogP contribution in [0.4, 0.5) is 5.69 Å². The Kier molecular flexibility index (Phi) is 6.50. The number of nitro benzene ring substituents is 1. The lowest BCUT2D eigenvalue weighted by molar-refractivity contribution is -0.386. The Morgan fingerprint density at radius 3 is 2.62 bits per heavy atom. The van der Waals surface area contributed by atoms with Crippen LogP contribution in [0.1, 0.15) is 5.89 Å². The fraction of sp³-hybridized carbons (Fsp3) is 0.263. The normalized spacial score (nSPS) is 14.9. The quantitative estimate of drug-likeness (QED) is 0.337. The molecule has 11 nitrogen and oxygen atoms in total. The lowest BCUT2D eigenvalue weighted by atomic mass is 10.2. The van der Waals surface area contributed by atoms with Crippen molar-refractivity contribution in [1.29, 1.82) is 0 Å². The number of nitrogens with zero attached hydrogens (tertiary/aromatic N) is 4. The van der Waals surface area contributed by atoms with Gasteiger partial charge in [-0.1, -0.05) is 12.1 Å². The third-order valence-electron chi connectivity index (χ3n) is 4.66. The molecule has 1 aliphatic rings. The lowest BCUT2D eigenvalue weighted by Crippen LogP contribution is -2.40. The molecule has 168 valence electrons. The maximum atomic E-state index is 12.8. The van der Waals surface area contributed by atoms with Crippen molar-refractivity contribution in [3.63, 3.8) is 0 Å². The molecule has 2 aromatic carbocycles. The zero-order valence-corrected chi connectivity index (χ0v) is 18.9. The number of nitro groups is 1. The maximum Gasteiger partial charge on any atom is 0.312 e. The molecule has 1 aliphatic heterocycles. The van der Waals surface area contributed by atoms with Crippen LogP contribution in [0.25, 0.3) is 11.5 Å². The first-order valence-electron chi connectivity index (χ1n) is 9.42. The van der Waals surface area contributed by atoms with Crippen molar-refractivity contribution in [2.45, 2.75) is 11.5 Å². The van der Waals surface area contributed by atoms with Gasteiger partial charge in [0.15, 0.2) is 12.4 Å². The largest absolute Gasteiger partial charge is 0.477 e. The van der Waals surface area contributed by atoms with Gasteiger partial charge in [0.2, 0.25) is 15.9 Å². The fourth-order valence-corrected chi connectivity index (χ4v) is 4.94. The summed E-state index contributed by atoms with van der Waals surface area (Å²) in [5, 5.41) is 19.4. The third kappa shape index (κ3) is 4.65. The van der Waals surface area contributed by atoms with E-state index in [9.17, 15) is 18.5 Å². The molecule has 0 saturated carbocycles. The summed E-state index contributed by atoms with van der Waals surface area (Å²) in [6.45, 7) is 0.688. The smallest absolute Gasteiger partial charge is 0.312 e. The van der Waals surface area contributed by atoms with Crippen LogP contribution in [0.3, 0.4) is 0 Å². The SMILES string of the molecule is O=[N+]([O-])c1cc(S(=O)(=O)N2CCOCC2)ccc1OCc1nnc(-c2ccccc2Br)o1. The van der Waals surface area contributed by atoms with E-state index in [1.165, 1.54) is 16.4 Å². The molecular weight excluding hydrogens is 508 g/mol. The van der Waals surface area contributed by atoms with Crippen LogP contribution in [0, 0.1) is 10.1 Å². The van der Waals surface area contributed by atoms with E-state index in [1.807, 2.05) is 18.2 Å². The predicted molar refractivity (Wildman–Crippen MR) is 114 cm³/mol. The minimum Gasteiger partial charge on any atom is -0.477 e. The first-order chi connectivity index (χ1) is 15.4. The molecule has 0 radical (unpaired) electrons. The van der Waals surface area contributed by atoms with Gasteiger partial charge in [-0.05, 0) is 40.2 Å². The Hall–Kier alpha value is -2.87. The standard InChI is InChI=1S/C19H17BrN4O7S/c20-15-4-2-1-3-14(15)19-22-21-18(31-19)12-30-17-6-5-13(11-16(17)24(25)26)32(27,28)23-7-9-29-10-8-23/h1-6,11H,7-10,12H2. The van der Waals surface area contributed by atoms with Gasteiger partial charge in [0, 0.05) is 23.6 Å². The Bertz CT molecular complexity index is 1240. The molecule has 2 heterocycles. The van der Waals surface area contributed by atoms with Gasteiger partial charge in [0.1, 0.15) is 0 Å². The second-order valence-electron chi connectivity index (χ2n) is 6.67. The average Bonchev–Trinajstić information content (AvgIpc) is 3.27. The van der Waals surface area contributed by atoms with Crippen LogP contribution in [0.15, 0.2) is 56.2 Å². The molecule has 4 rings (SSSR count). The number of benzene rings is 2. The maximum absolute atomic E-state index is 12.8. The van der Waals surface area contributed by atoms with Gasteiger partial charge in [-0.3, -0.25) is 10.1 Å². The topological polar surface area (TPSA) is 138 Å². The van der Waals surface area contributed by atoms with E-state index >= 15 is 0 Å². The van der Waals surface area contributed by atoms with E-state index in [1.54, 1.807) is 6.07 Å². The zero-order chi connectivity index (χ0) is 22.7. The Morgan fingerprint density at radius 2 is 1.91 bits per heavy atom. The highest BCUT2D eigenvalue weighted by Crippen LogP contribution is 2.32. The Labute approximate surface area is 191 Å². The monoisotopic (exact) mass is 524 g/mol. The summed E-state index contributed by atoms with van der Waals surface area (Å²) in [6, 6.07) is 10.8. The highest BCUT2D eigenvalue weighted by Gasteiger charge is 2.29. The highest BCUT2D eigenvalue weighted by molar-refractivity contribution is 9.10. The van der Waals surface area contributed by atoms with Crippen molar-refractivity contribution in [3.05, 3.63) is 62.9 Å². The number of morpholine rings is 1. The van der Waals surface area contributed by atoms with Crippen molar-refractivity contribution in [3.8, 4) is 17.2 Å². The van der Waals surface area contributed by atoms with Crippen LogP contribution in [-0.2, 0) is 21.4 Å². The van der Waals surface area contributed by atoms with Crippen molar-refractivity contribution in [2.24, 2.45) is 0 Å². The van der Waals surface area contributed by atoms with Crippen LogP contribution in [0.5, 0.6) is 5.75 Å². The van der Waals surface area contributed by atoms with E-state index < -0.39 is 20.6 Å². The van der Waals surface area contributed by atoms with Crippen molar-refractivity contribution in [2.75, 3.05) is 26.3 Å². The predicted octanol–water partition coefficient (Wildman–Crippen LogP) is 3.01. The van der Waals surface area contributed by atoms with Gasteiger partial charge in [-0.2, -0.15) is 4.31 Å². The molecule has 1 fully saturated rings. The summed E-state index contributed by atoms with van der Waals surface area (Å²) in [7, 11) is -3.89. The first-order valence-corrected chi connectivity index (χ1v) is 11.7. The van der Waals surface area contributed by atoms with Gasteiger partial charge in [0.25, 0.3) is 5.89 Å². The molecule has 0 amide bonds. The second-order valence-corrected chi connectivity index (χ2v) is 9.46. The summed E-state index contributed by atoms with van der Waals surface area (Å²) < 4.78 is 43.8. The van der Waals surface area contributed by atoms with E-state index in [2.05, 4.69) is 26.1 Å². The molecule has 1 aromatic heterocycles. The number of hydrogen-bond donors (Lipinski definition) is 0. The number of sulfonamides is 1. The van der Waals surface area contributed by atoms with Gasteiger partial charge in [0.05, 0.1) is 28.6 Å². The van der Waals surface area contributed by atoms with Gasteiger partial charge in [-0.15, -0.1) is 10.2 Å². The minimum absolute atomic E-state index is 0.107. The molecule has 13 heteroatoms. The summed E-state index contributed by atoms with van der Waals surface area (Å²) in [5.41, 5.74) is 0.208. The molecule has 0 atom stereocenters. The van der Waals surface area contributed by atoms with Gasteiger partial charge in [-0.25, -0.2) is 8.42 Å². The minimum atomic E-state index is -3.89. The molecule has 0 aliphatic carbocycles. The highest BCUT2D eigenvalue weighted by atomic mass is 79.9. The van der Waals surface area contributed by atoms with Gasteiger partial charge < -0.3 is 13.9 Å². The van der Waals surface area contributed by atoms with Crippen molar-refractivity contribution >= 4 is 31.6 Å².